The number of hydrogen-bond acceptors (Lipinski definition) is 4. The summed E-state index contributed by atoms with van der Waals surface area (Å²) in [4.78, 5) is 0. The van der Waals surface area contributed by atoms with Gasteiger partial charge in [-0.05, 0) is 28.1 Å². The molecule has 1 aliphatic heterocycles. The first-order valence-electron chi connectivity index (χ1n) is 5.29. The van der Waals surface area contributed by atoms with E-state index in [1.54, 1.807) is 6.07 Å². The first-order chi connectivity index (χ1) is 8.72. The zero-order valence-corrected chi connectivity index (χ0v) is 11.5. The molecule has 1 aromatic heterocycles. The summed E-state index contributed by atoms with van der Waals surface area (Å²) < 4.78 is 16.6. The fraction of sp³-hybridized carbons (Fsp3) is 0.167. The van der Waals surface area contributed by atoms with Crippen LogP contribution in [0.25, 0.3) is 0 Å². The van der Waals surface area contributed by atoms with Crippen LogP contribution in [0.2, 0.25) is 5.02 Å². The summed E-state index contributed by atoms with van der Waals surface area (Å²) in [5.74, 6) is 2.18. The fourth-order valence-electron chi connectivity index (χ4n) is 1.68. The van der Waals surface area contributed by atoms with Crippen LogP contribution in [0, 0.1) is 0 Å². The second-order valence-electron chi connectivity index (χ2n) is 3.74. The summed E-state index contributed by atoms with van der Waals surface area (Å²) in [5, 5.41) is 3.78. The molecule has 0 amide bonds. The van der Waals surface area contributed by atoms with E-state index in [1.807, 2.05) is 18.2 Å². The van der Waals surface area contributed by atoms with Gasteiger partial charge in [-0.3, -0.25) is 0 Å². The number of benzene rings is 1. The highest BCUT2D eigenvalue weighted by Crippen LogP contribution is 2.39. The Morgan fingerprint density at radius 1 is 1.22 bits per heavy atom. The molecule has 6 heteroatoms. The van der Waals surface area contributed by atoms with Crippen LogP contribution in [0.15, 0.2) is 33.4 Å². The Morgan fingerprint density at radius 2 is 2.00 bits per heavy atom. The van der Waals surface area contributed by atoms with Gasteiger partial charge in [0.15, 0.2) is 16.2 Å². The monoisotopic (exact) mass is 329 g/mol. The maximum atomic E-state index is 6.14. The lowest BCUT2D eigenvalue weighted by Crippen LogP contribution is -1.98. The lowest BCUT2D eigenvalue weighted by molar-refractivity contribution is 0.174. The maximum Gasteiger partial charge on any atom is 0.231 e. The van der Waals surface area contributed by atoms with Crippen molar-refractivity contribution in [1.82, 2.24) is 0 Å². The fourth-order valence-corrected chi connectivity index (χ4v) is 2.24. The average molecular weight is 331 g/mol. The van der Waals surface area contributed by atoms with E-state index in [0.29, 0.717) is 27.7 Å². The number of halogens is 2. The Balaban J connectivity index is 1.76. The summed E-state index contributed by atoms with van der Waals surface area (Å²) in [6, 6.07) is 7.29. The van der Waals surface area contributed by atoms with Gasteiger partial charge in [-0.15, -0.1) is 0 Å². The first-order valence-corrected chi connectivity index (χ1v) is 6.47. The van der Waals surface area contributed by atoms with Crippen LogP contribution < -0.4 is 14.8 Å². The van der Waals surface area contributed by atoms with E-state index in [0.717, 1.165) is 11.4 Å². The van der Waals surface area contributed by atoms with E-state index in [-0.39, 0.29) is 6.79 Å². The number of furan rings is 1. The van der Waals surface area contributed by atoms with Crippen LogP contribution >= 0.6 is 27.5 Å². The minimum Gasteiger partial charge on any atom is -0.454 e. The predicted octanol–water partition coefficient (Wildman–Crippen LogP) is 4.04. The topological polar surface area (TPSA) is 43.6 Å². The van der Waals surface area contributed by atoms with E-state index in [9.17, 15) is 0 Å². The predicted molar refractivity (Wildman–Crippen MR) is 71.3 cm³/mol. The number of rotatable bonds is 3. The molecule has 0 saturated heterocycles. The molecule has 1 aromatic carbocycles. The van der Waals surface area contributed by atoms with Crippen molar-refractivity contribution >= 4 is 33.2 Å². The lowest BCUT2D eigenvalue weighted by atomic mass is 10.2. The third-order valence-corrected chi connectivity index (χ3v) is 3.28. The summed E-state index contributed by atoms with van der Waals surface area (Å²) in [7, 11) is 0. The molecule has 0 aliphatic carbocycles. The van der Waals surface area contributed by atoms with Gasteiger partial charge >= 0.3 is 0 Å². The SMILES string of the molecule is Clc1cc2c(cc1NCc1ccc(Br)o1)OCO2. The Morgan fingerprint density at radius 3 is 2.72 bits per heavy atom. The molecule has 0 unspecified atom stereocenters. The van der Waals surface area contributed by atoms with E-state index >= 15 is 0 Å². The largest absolute Gasteiger partial charge is 0.454 e. The standard InChI is InChI=1S/C12H9BrClNO3/c13-12-2-1-7(18-12)5-15-9-4-11-10(3-8(9)14)16-6-17-11/h1-4,15H,5-6H2. The molecule has 0 spiro atoms. The molecule has 0 fully saturated rings. The molecule has 0 saturated carbocycles. The Labute approximate surface area is 117 Å². The Hall–Kier alpha value is -1.33. The van der Waals surface area contributed by atoms with Crippen molar-refractivity contribution in [3.8, 4) is 11.5 Å². The van der Waals surface area contributed by atoms with Crippen LogP contribution in [0.4, 0.5) is 5.69 Å². The normalized spacial score (nSPS) is 12.8. The zero-order valence-electron chi connectivity index (χ0n) is 9.20. The summed E-state index contributed by atoms with van der Waals surface area (Å²) in [6.45, 7) is 0.783. The van der Waals surface area contributed by atoms with Crippen molar-refractivity contribution in [2.75, 3.05) is 12.1 Å². The van der Waals surface area contributed by atoms with Crippen molar-refractivity contribution in [1.29, 1.82) is 0 Å². The number of anilines is 1. The molecule has 94 valence electrons. The molecule has 0 atom stereocenters. The second-order valence-corrected chi connectivity index (χ2v) is 4.93. The zero-order chi connectivity index (χ0) is 12.5. The third kappa shape index (κ3) is 2.28. The second kappa shape index (κ2) is 4.74. The lowest BCUT2D eigenvalue weighted by Gasteiger charge is -2.08. The summed E-state index contributed by atoms with van der Waals surface area (Å²) in [6.07, 6.45) is 0. The van der Waals surface area contributed by atoms with E-state index in [1.165, 1.54) is 0 Å². The van der Waals surface area contributed by atoms with Crippen LogP contribution in [0.3, 0.4) is 0 Å². The van der Waals surface area contributed by atoms with Crippen LogP contribution in [-0.4, -0.2) is 6.79 Å². The van der Waals surface area contributed by atoms with Crippen molar-refractivity contribution in [2.24, 2.45) is 0 Å². The van der Waals surface area contributed by atoms with Gasteiger partial charge in [-0.2, -0.15) is 0 Å². The molecule has 0 radical (unpaired) electrons. The van der Waals surface area contributed by atoms with Gasteiger partial charge in [0.25, 0.3) is 0 Å². The van der Waals surface area contributed by atoms with E-state index < -0.39 is 0 Å². The van der Waals surface area contributed by atoms with Gasteiger partial charge < -0.3 is 19.2 Å². The molecule has 0 bridgehead atoms. The molecular weight excluding hydrogens is 321 g/mol. The number of nitrogens with one attached hydrogen (secondary N) is 1. The van der Waals surface area contributed by atoms with Gasteiger partial charge in [-0.25, -0.2) is 0 Å². The van der Waals surface area contributed by atoms with Crippen molar-refractivity contribution in [3.63, 3.8) is 0 Å². The highest BCUT2D eigenvalue weighted by molar-refractivity contribution is 9.10. The molecule has 3 rings (SSSR count). The molecule has 1 N–H and O–H groups in total. The van der Waals surface area contributed by atoms with E-state index in [2.05, 4.69) is 21.2 Å². The molecule has 1 aliphatic rings. The van der Waals surface area contributed by atoms with Crippen LogP contribution in [-0.2, 0) is 6.54 Å². The van der Waals surface area contributed by atoms with Crippen LogP contribution in [0.1, 0.15) is 5.76 Å². The van der Waals surface area contributed by atoms with Gasteiger partial charge in [0.2, 0.25) is 6.79 Å². The molecule has 4 nitrogen and oxygen atoms in total. The highest BCUT2D eigenvalue weighted by atomic mass is 79.9. The average Bonchev–Trinajstić information content (AvgIpc) is 2.94. The van der Waals surface area contributed by atoms with Crippen molar-refractivity contribution < 1.29 is 13.9 Å². The van der Waals surface area contributed by atoms with Crippen molar-refractivity contribution in [2.45, 2.75) is 6.54 Å². The van der Waals surface area contributed by atoms with Gasteiger partial charge in [0.1, 0.15) is 5.76 Å². The van der Waals surface area contributed by atoms with Gasteiger partial charge in [0, 0.05) is 12.1 Å². The molecule has 2 aromatic rings. The smallest absolute Gasteiger partial charge is 0.231 e. The first kappa shape index (κ1) is 11.7. The minimum atomic E-state index is 0.236. The summed E-state index contributed by atoms with van der Waals surface area (Å²) in [5.41, 5.74) is 0.786. The Kier molecular flexibility index (Phi) is 3.09. The van der Waals surface area contributed by atoms with Crippen molar-refractivity contribution in [3.05, 3.63) is 39.7 Å². The molecule has 18 heavy (non-hydrogen) atoms. The number of fused-ring (bicyclic) bond motifs is 1. The quantitative estimate of drug-likeness (QED) is 0.922. The molecular formula is C12H9BrClNO3. The van der Waals surface area contributed by atoms with E-state index in [4.69, 9.17) is 25.5 Å². The highest BCUT2D eigenvalue weighted by Gasteiger charge is 2.16. The Bertz CT molecular complexity index is 585. The molecule has 2 heterocycles. The number of hydrogen-bond donors (Lipinski definition) is 1. The van der Waals surface area contributed by atoms with Gasteiger partial charge in [0.05, 0.1) is 17.3 Å². The number of ether oxygens (including phenoxy) is 2. The summed E-state index contributed by atoms with van der Waals surface area (Å²) >= 11 is 9.40. The van der Waals surface area contributed by atoms with Gasteiger partial charge in [-0.1, -0.05) is 11.6 Å². The minimum absolute atomic E-state index is 0.236. The maximum absolute atomic E-state index is 6.14. The van der Waals surface area contributed by atoms with Crippen LogP contribution in [0.5, 0.6) is 11.5 Å². The third-order valence-electron chi connectivity index (χ3n) is 2.54.